The van der Waals surface area contributed by atoms with Gasteiger partial charge in [0.05, 0.1) is 0 Å². The van der Waals surface area contributed by atoms with Crippen molar-refractivity contribution in [3.8, 4) is 0 Å². The molecular formula is C54H34. The van der Waals surface area contributed by atoms with Crippen molar-refractivity contribution in [1.82, 2.24) is 0 Å². The first kappa shape index (κ1) is 29.8. The summed E-state index contributed by atoms with van der Waals surface area (Å²) in [7, 11) is 0. The van der Waals surface area contributed by atoms with Crippen molar-refractivity contribution in [3.05, 3.63) is 193 Å². The van der Waals surface area contributed by atoms with E-state index in [0.717, 1.165) is 12.8 Å². The highest BCUT2D eigenvalue weighted by atomic mass is 14.2. The van der Waals surface area contributed by atoms with E-state index < -0.39 is 0 Å². The molecule has 0 saturated heterocycles. The maximum atomic E-state index is 2.47. The van der Waals surface area contributed by atoms with Crippen LogP contribution in [0.5, 0.6) is 0 Å². The molecule has 12 aromatic rings. The lowest BCUT2D eigenvalue weighted by Gasteiger charge is -2.14. The number of hydrogen-bond donors (Lipinski definition) is 0. The number of benzene rings is 12. The predicted molar refractivity (Wildman–Crippen MR) is 235 cm³/mol. The Balaban J connectivity index is 1.02. The van der Waals surface area contributed by atoms with Crippen LogP contribution in [-0.4, -0.2) is 0 Å². The molecule has 0 N–H and O–H groups in total. The van der Waals surface area contributed by atoms with Crippen molar-refractivity contribution in [1.29, 1.82) is 0 Å². The van der Waals surface area contributed by atoms with E-state index in [-0.39, 0.29) is 0 Å². The van der Waals surface area contributed by atoms with E-state index in [9.17, 15) is 0 Å². The molecule has 0 radical (unpaired) electrons. The molecule has 0 aromatic heterocycles. The summed E-state index contributed by atoms with van der Waals surface area (Å²) in [5, 5.41) is 26.4. The number of aryl methyl sites for hydroxylation is 2. The Morgan fingerprint density at radius 1 is 0.204 bits per heavy atom. The zero-order valence-electron chi connectivity index (χ0n) is 29.7. The predicted octanol–water partition coefficient (Wildman–Crippen LogP) is 15.0. The number of rotatable bonds is 3. The maximum Gasteiger partial charge on any atom is -0.00143 e. The highest BCUT2D eigenvalue weighted by Gasteiger charge is 2.14. The fourth-order valence-corrected chi connectivity index (χ4v) is 9.61. The van der Waals surface area contributed by atoms with E-state index in [1.807, 2.05) is 0 Å². The van der Waals surface area contributed by atoms with E-state index in [2.05, 4.69) is 182 Å². The Morgan fingerprint density at radius 2 is 0.463 bits per heavy atom. The van der Waals surface area contributed by atoms with E-state index in [0.29, 0.717) is 0 Å². The standard InChI is InChI=1S/C54H34/c1-3-7-45-35(5-1)15-19-39-23-27-43-29-25-41-21-17-37-13-11-33(31-47(37)51(41)53(43)49(39)45)9-10-34-12-14-38-18-22-42-26-30-44-28-24-40-20-16-36-6-2-4-8-46(36)50(40)54(44)52(42)48(38)32-34/h1-8,11-32H,9-10H2. The van der Waals surface area contributed by atoms with Gasteiger partial charge in [-0.1, -0.05) is 182 Å². The molecule has 12 rings (SSSR count). The molecule has 0 aliphatic carbocycles. The lowest BCUT2D eigenvalue weighted by molar-refractivity contribution is 0.965. The number of hydrogen-bond acceptors (Lipinski definition) is 0. The van der Waals surface area contributed by atoms with Crippen molar-refractivity contribution in [2.45, 2.75) is 12.8 Å². The molecule has 0 nitrogen and oxygen atoms in total. The van der Waals surface area contributed by atoms with Crippen LogP contribution in [0.25, 0.3) is 108 Å². The Hall–Kier alpha value is -6.76. The van der Waals surface area contributed by atoms with Gasteiger partial charge in [0.25, 0.3) is 0 Å². The highest BCUT2D eigenvalue weighted by Crippen LogP contribution is 2.41. The largest absolute Gasteiger partial charge is 0.0616 e. The molecular weight excluding hydrogens is 649 g/mol. The Morgan fingerprint density at radius 3 is 0.833 bits per heavy atom. The average molecular weight is 683 g/mol. The van der Waals surface area contributed by atoms with Crippen molar-refractivity contribution in [3.63, 3.8) is 0 Å². The van der Waals surface area contributed by atoms with Crippen LogP contribution in [0.4, 0.5) is 0 Å². The Kier molecular flexibility index (Phi) is 6.27. The van der Waals surface area contributed by atoms with Crippen LogP contribution >= 0.6 is 0 Å². The minimum Gasteiger partial charge on any atom is -0.0616 e. The van der Waals surface area contributed by atoms with Gasteiger partial charge in [-0.25, -0.2) is 0 Å². The molecule has 0 saturated carbocycles. The summed E-state index contributed by atoms with van der Waals surface area (Å²) in [6.07, 6.45) is 1.96. The first-order valence-corrected chi connectivity index (χ1v) is 19.1. The Labute approximate surface area is 312 Å². The van der Waals surface area contributed by atoms with Gasteiger partial charge in [0, 0.05) is 0 Å². The van der Waals surface area contributed by atoms with Crippen molar-refractivity contribution in [2.75, 3.05) is 0 Å². The first-order chi connectivity index (χ1) is 26.7. The smallest absolute Gasteiger partial charge is 0.00143 e. The molecule has 0 aliphatic heterocycles. The molecule has 12 aromatic carbocycles. The van der Waals surface area contributed by atoms with Crippen LogP contribution in [0.2, 0.25) is 0 Å². The molecule has 0 amide bonds. The maximum absolute atomic E-state index is 2.47. The summed E-state index contributed by atoms with van der Waals surface area (Å²) in [6.45, 7) is 0. The third-order valence-corrected chi connectivity index (χ3v) is 12.2. The third kappa shape index (κ3) is 4.38. The van der Waals surface area contributed by atoms with Gasteiger partial charge < -0.3 is 0 Å². The second kappa shape index (κ2) is 11.4. The van der Waals surface area contributed by atoms with Crippen molar-refractivity contribution < 1.29 is 0 Å². The van der Waals surface area contributed by atoms with Crippen LogP contribution in [0.3, 0.4) is 0 Å². The minimum absolute atomic E-state index is 0.978. The van der Waals surface area contributed by atoms with Crippen LogP contribution in [-0.2, 0) is 12.8 Å². The second-order valence-electron chi connectivity index (χ2n) is 15.2. The summed E-state index contributed by atoms with van der Waals surface area (Å²) >= 11 is 0. The van der Waals surface area contributed by atoms with Gasteiger partial charge in [-0.15, -0.1) is 0 Å². The second-order valence-corrected chi connectivity index (χ2v) is 15.2. The van der Waals surface area contributed by atoms with E-state index >= 15 is 0 Å². The van der Waals surface area contributed by atoms with Crippen LogP contribution < -0.4 is 0 Å². The lowest BCUT2D eigenvalue weighted by Crippen LogP contribution is -1.93. The molecule has 0 atom stereocenters. The molecule has 54 heavy (non-hydrogen) atoms. The summed E-state index contributed by atoms with van der Waals surface area (Å²) in [5.41, 5.74) is 2.75. The zero-order valence-corrected chi connectivity index (χ0v) is 29.7. The molecule has 0 heterocycles. The third-order valence-electron chi connectivity index (χ3n) is 12.2. The molecule has 0 bridgehead atoms. The van der Waals surface area contributed by atoms with Gasteiger partial charge in [0.1, 0.15) is 0 Å². The monoisotopic (exact) mass is 682 g/mol. The van der Waals surface area contributed by atoms with Gasteiger partial charge in [0.2, 0.25) is 0 Å². The molecule has 0 unspecified atom stereocenters. The van der Waals surface area contributed by atoms with Crippen LogP contribution in [0.1, 0.15) is 11.1 Å². The number of fused-ring (bicyclic) bond motifs is 18. The van der Waals surface area contributed by atoms with Gasteiger partial charge in [-0.2, -0.15) is 0 Å². The quantitative estimate of drug-likeness (QED) is 0.163. The molecule has 0 fully saturated rings. The van der Waals surface area contributed by atoms with Crippen molar-refractivity contribution >= 4 is 108 Å². The molecule has 0 heteroatoms. The first-order valence-electron chi connectivity index (χ1n) is 19.1. The Bertz CT molecular complexity index is 3280. The summed E-state index contributed by atoms with van der Waals surface area (Å²) in [4.78, 5) is 0. The van der Waals surface area contributed by atoms with Gasteiger partial charge in [-0.3, -0.25) is 0 Å². The van der Waals surface area contributed by atoms with Crippen LogP contribution in [0, 0.1) is 0 Å². The molecule has 0 spiro atoms. The lowest BCUT2D eigenvalue weighted by atomic mass is 9.89. The van der Waals surface area contributed by atoms with Crippen LogP contribution in [0.15, 0.2) is 182 Å². The van der Waals surface area contributed by atoms with Gasteiger partial charge >= 0.3 is 0 Å². The zero-order chi connectivity index (χ0) is 35.3. The molecule has 0 aliphatic rings. The summed E-state index contributed by atoms with van der Waals surface area (Å²) < 4.78 is 0. The SMILES string of the molecule is c1ccc2c(c1)ccc1ccc3ccc4ccc5ccc(CCc6ccc7ccc8ccc9ccc%10ccc%11ccccc%11c%10c9c8c7c6)cc5c4c3c12. The van der Waals surface area contributed by atoms with Gasteiger partial charge in [0.15, 0.2) is 0 Å². The van der Waals surface area contributed by atoms with E-state index in [1.54, 1.807) is 0 Å². The summed E-state index contributed by atoms with van der Waals surface area (Å²) in [6, 6.07) is 68.6. The van der Waals surface area contributed by atoms with E-state index in [4.69, 9.17) is 0 Å². The van der Waals surface area contributed by atoms with Gasteiger partial charge in [-0.05, 0) is 132 Å². The van der Waals surface area contributed by atoms with E-state index in [1.165, 1.54) is 119 Å². The molecule has 250 valence electrons. The topological polar surface area (TPSA) is 0 Å². The fraction of sp³-hybridized carbons (Fsp3) is 0.0370. The summed E-state index contributed by atoms with van der Waals surface area (Å²) in [5.74, 6) is 0. The average Bonchev–Trinajstić information content (AvgIpc) is 3.24. The normalized spacial score (nSPS) is 12.2. The fourth-order valence-electron chi connectivity index (χ4n) is 9.61. The van der Waals surface area contributed by atoms with Crippen molar-refractivity contribution in [2.24, 2.45) is 0 Å². The highest BCUT2D eigenvalue weighted by molar-refractivity contribution is 6.33. The minimum atomic E-state index is 0.978.